The van der Waals surface area contributed by atoms with Crippen LogP contribution in [0.2, 0.25) is 0 Å². The number of carbonyl (C=O) groups excluding carboxylic acids is 1. The fourth-order valence-electron chi connectivity index (χ4n) is 2.64. The third-order valence-corrected chi connectivity index (χ3v) is 3.93. The van der Waals surface area contributed by atoms with Crippen molar-refractivity contribution in [2.24, 2.45) is 5.92 Å². The summed E-state index contributed by atoms with van der Waals surface area (Å²) in [6, 6.07) is 8.14. The molecule has 1 fully saturated rings. The molecule has 1 unspecified atom stereocenters. The van der Waals surface area contributed by atoms with Crippen molar-refractivity contribution in [3.63, 3.8) is 0 Å². The van der Waals surface area contributed by atoms with Crippen LogP contribution >= 0.6 is 12.4 Å². The number of piperidine rings is 1. The predicted molar refractivity (Wildman–Crippen MR) is 77.7 cm³/mol. The average Bonchev–Trinajstić information content (AvgIpc) is 2.39. The van der Waals surface area contributed by atoms with E-state index >= 15 is 0 Å². The van der Waals surface area contributed by atoms with Gasteiger partial charge in [-0.05, 0) is 50.3 Å². The van der Waals surface area contributed by atoms with Crippen molar-refractivity contribution in [3.05, 3.63) is 35.4 Å². The summed E-state index contributed by atoms with van der Waals surface area (Å²) in [6.07, 6.45) is 2.52. The number of Topliss-reactive ketones (excluding diaryl/α,β-unsaturated/α-hetero) is 1. The Morgan fingerprint density at radius 2 is 1.78 bits per heavy atom. The molecule has 1 saturated heterocycles. The maximum Gasteiger partial charge on any atom is 0.159 e. The van der Waals surface area contributed by atoms with Crippen LogP contribution in [0.25, 0.3) is 0 Å². The number of halogens is 1. The highest BCUT2D eigenvalue weighted by Crippen LogP contribution is 2.30. The number of ketones is 1. The molecular formula is C15H22ClNO. The molecule has 3 heteroatoms. The van der Waals surface area contributed by atoms with Crippen LogP contribution in [0, 0.1) is 5.92 Å². The van der Waals surface area contributed by atoms with E-state index in [2.05, 4.69) is 24.4 Å². The minimum absolute atomic E-state index is 0. The van der Waals surface area contributed by atoms with Gasteiger partial charge in [0, 0.05) is 5.56 Å². The van der Waals surface area contributed by atoms with E-state index in [-0.39, 0.29) is 18.2 Å². The van der Waals surface area contributed by atoms with Gasteiger partial charge in [-0.2, -0.15) is 0 Å². The first kappa shape index (κ1) is 15.2. The maximum atomic E-state index is 11.2. The maximum absolute atomic E-state index is 11.2. The summed E-state index contributed by atoms with van der Waals surface area (Å²) in [4.78, 5) is 11.2. The number of rotatable bonds is 3. The summed E-state index contributed by atoms with van der Waals surface area (Å²) in [5.41, 5.74) is 2.17. The van der Waals surface area contributed by atoms with Crippen molar-refractivity contribution < 1.29 is 4.79 Å². The van der Waals surface area contributed by atoms with E-state index in [0.29, 0.717) is 5.92 Å². The number of nitrogens with one attached hydrogen (secondary N) is 1. The van der Waals surface area contributed by atoms with Gasteiger partial charge >= 0.3 is 0 Å². The molecule has 0 aromatic heterocycles. The molecule has 1 atom stereocenters. The molecule has 0 bridgehead atoms. The zero-order valence-electron chi connectivity index (χ0n) is 11.1. The summed E-state index contributed by atoms with van der Waals surface area (Å²) in [5.74, 6) is 1.52. The molecule has 2 nitrogen and oxygen atoms in total. The van der Waals surface area contributed by atoms with Crippen LogP contribution in [0.5, 0.6) is 0 Å². The molecule has 1 heterocycles. The van der Waals surface area contributed by atoms with Crippen molar-refractivity contribution in [1.29, 1.82) is 0 Å². The zero-order valence-corrected chi connectivity index (χ0v) is 11.9. The Morgan fingerprint density at radius 1 is 1.22 bits per heavy atom. The highest BCUT2D eigenvalue weighted by Gasteiger charge is 2.20. The molecule has 100 valence electrons. The van der Waals surface area contributed by atoms with Gasteiger partial charge in [-0.3, -0.25) is 4.79 Å². The summed E-state index contributed by atoms with van der Waals surface area (Å²) in [7, 11) is 0. The number of hydrogen-bond acceptors (Lipinski definition) is 2. The third-order valence-electron chi connectivity index (χ3n) is 3.93. The van der Waals surface area contributed by atoms with Gasteiger partial charge in [-0.1, -0.05) is 31.2 Å². The van der Waals surface area contributed by atoms with Gasteiger partial charge in [0.2, 0.25) is 0 Å². The van der Waals surface area contributed by atoms with Crippen LogP contribution in [-0.2, 0) is 0 Å². The average molecular weight is 268 g/mol. The van der Waals surface area contributed by atoms with E-state index in [1.807, 2.05) is 12.1 Å². The first-order valence-electron chi connectivity index (χ1n) is 6.50. The third kappa shape index (κ3) is 3.56. The molecule has 0 radical (unpaired) electrons. The van der Waals surface area contributed by atoms with Crippen LogP contribution in [-0.4, -0.2) is 18.9 Å². The van der Waals surface area contributed by atoms with Crippen molar-refractivity contribution in [2.75, 3.05) is 13.1 Å². The van der Waals surface area contributed by atoms with E-state index in [1.54, 1.807) is 6.92 Å². The number of carbonyl (C=O) groups is 1. The minimum Gasteiger partial charge on any atom is -0.317 e. The van der Waals surface area contributed by atoms with Gasteiger partial charge in [0.15, 0.2) is 5.78 Å². The first-order chi connectivity index (χ1) is 8.18. The lowest BCUT2D eigenvalue weighted by Crippen LogP contribution is -2.30. The Bertz CT molecular complexity index is 382. The lowest BCUT2D eigenvalue weighted by molar-refractivity contribution is 0.101. The first-order valence-corrected chi connectivity index (χ1v) is 6.50. The van der Waals surface area contributed by atoms with E-state index in [1.165, 1.54) is 18.4 Å². The highest BCUT2D eigenvalue weighted by molar-refractivity contribution is 5.94. The zero-order chi connectivity index (χ0) is 12.3. The Morgan fingerprint density at radius 3 is 2.28 bits per heavy atom. The second-order valence-electron chi connectivity index (χ2n) is 5.05. The van der Waals surface area contributed by atoms with Crippen molar-refractivity contribution in [1.82, 2.24) is 5.32 Å². The van der Waals surface area contributed by atoms with Gasteiger partial charge in [-0.25, -0.2) is 0 Å². The summed E-state index contributed by atoms with van der Waals surface area (Å²) >= 11 is 0. The standard InChI is InChI=1S/C15H21NO.ClH/c1-11(14-7-9-16-10-8-14)13-3-5-15(6-4-13)12(2)17;/h3-6,11,14,16H,7-10H2,1-2H3;1H. The topological polar surface area (TPSA) is 29.1 Å². The molecular weight excluding hydrogens is 246 g/mol. The van der Waals surface area contributed by atoms with Crippen molar-refractivity contribution >= 4 is 18.2 Å². The monoisotopic (exact) mass is 267 g/mol. The van der Waals surface area contributed by atoms with Crippen LogP contribution < -0.4 is 5.32 Å². The van der Waals surface area contributed by atoms with Crippen LogP contribution in [0.15, 0.2) is 24.3 Å². The Kier molecular flexibility index (Phi) is 5.83. The summed E-state index contributed by atoms with van der Waals surface area (Å²) in [5, 5.41) is 3.40. The molecule has 1 N–H and O–H groups in total. The lowest BCUT2D eigenvalue weighted by atomic mass is 9.81. The van der Waals surface area contributed by atoms with E-state index in [4.69, 9.17) is 0 Å². The second-order valence-corrected chi connectivity index (χ2v) is 5.05. The van der Waals surface area contributed by atoms with E-state index < -0.39 is 0 Å². The van der Waals surface area contributed by atoms with Crippen LogP contribution in [0.1, 0.15) is 48.5 Å². The normalized spacial score (nSPS) is 17.9. The van der Waals surface area contributed by atoms with Gasteiger partial charge in [-0.15, -0.1) is 12.4 Å². The molecule has 1 aliphatic rings. The molecule has 0 aliphatic carbocycles. The summed E-state index contributed by atoms with van der Waals surface area (Å²) in [6.45, 7) is 6.20. The van der Waals surface area contributed by atoms with E-state index in [9.17, 15) is 4.79 Å². The van der Waals surface area contributed by atoms with Crippen molar-refractivity contribution in [3.8, 4) is 0 Å². The largest absolute Gasteiger partial charge is 0.317 e. The number of hydrogen-bond donors (Lipinski definition) is 1. The molecule has 1 aliphatic heterocycles. The molecule has 1 aromatic rings. The Balaban J connectivity index is 0.00000162. The summed E-state index contributed by atoms with van der Waals surface area (Å²) < 4.78 is 0. The van der Waals surface area contributed by atoms with Gasteiger partial charge < -0.3 is 5.32 Å². The van der Waals surface area contributed by atoms with Gasteiger partial charge in [0.05, 0.1) is 0 Å². The molecule has 18 heavy (non-hydrogen) atoms. The van der Waals surface area contributed by atoms with Crippen LogP contribution in [0.3, 0.4) is 0 Å². The quantitative estimate of drug-likeness (QED) is 0.851. The Hall–Kier alpha value is -0.860. The molecule has 0 amide bonds. The molecule has 2 rings (SSSR count). The van der Waals surface area contributed by atoms with Crippen LogP contribution in [0.4, 0.5) is 0 Å². The molecule has 0 saturated carbocycles. The van der Waals surface area contributed by atoms with Gasteiger partial charge in [0.25, 0.3) is 0 Å². The Labute approximate surface area is 116 Å². The molecule has 0 spiro atoms. The fourth-order valence-corrected chi connectivity index (χ4v) is 2.64. The van der Waals surface area contributed by atoms with Gasteiger partial charge in [0.1, 0.15) is 0 Å². The predicted octanol–water partition coefficient (Wildman–Crippen LogP) is 3.41. The SMILES string of the molecule is CC(=O)c1ccc(C(C)C2CCNCC2)cc1.Cl. The van der Waals surface area contributed by atoms with Crippen molar-refractivity contribution in [2.45, 2.75) is 32.6 Å². The second kappa shape index (κ2) is 6.91. The smallest absolute Gasteiger partial charge is 0.159 e. The minimum atomic E-state index is 0. The number of benzene rings is 1. The van der Waals surface area contributed by atoms with E-state index in [0.717, 1.165) is 24.6 Å². The molecule has 1 aromatic carbocycles. The highest BCUT2D eigenvalue weighted by atomic mass is 35.5. The lowest BCUT2D eigenvalue weighted by Gasteiger charge is -2.28. The fraction of sp³-hybridized carbons (Fsp3) is 0.533.